The third kappa shape index (κ3) is 2.83. The van der Waals surface area contributed by atoms with E-state index in [1.165, 1.54) is 4.90 Å². The Kier molecular flexibility index (Phi) is 3.96. The summed E-state index contributed by atoms with van der Waals surface area (Å²) in [5.74, 6) is 1.70. The van der Waals surface area contributed by atoms with Crippen LogP contribution in [-0.2, 0) is 0 Å². The van der Waals surface area contributed by atoms with Crippen molar-refractivity contribution in [3.63, 3.8) is 0 Å². The van der Waals surface area contributed by atoms with Crippen LogP contribution in [0.25, 0.3) is 0 Å². The van der Waals surface area contributed by atoms with Crippen LogP contribution in [-0.4, -0.2) is 25.0 Å². The fourth-order valence-electron chi connectivity index (χ4n) is 1.50. The van der Waals surface area contributed by atoms with Gasteiger partial charge in [-0.05, 0) is 18.2 Å². The molecule has 1 aromatic carbocycles. The Morgan fingerprint density at radius 2 is 2.06 bits per heavy atom. The lowest BCUT2D eigenvalue weighted by Gasteiger charge is -2.11. The maximum Gasteiger partial charge on any atom is 0.162 e. The Morgan fingerprint density at radius 1 is 1.31 bits per heavy atom. The number of benzene rings is 1. The van der Waals surface area contributed by atoms with E-state index in [-0.39, 0.29) is 0 Å². The van der Waals surface area contributed by atoms with Crippen molar-refractivity contribution in [2.24, 2.45) is 5.73 Å². The molecule has 0 aromatic heterocycles. The van der Waals surface area contributed by atoms with E-state index in [0.29, 0.717) is 11.8 Å². The second kappa shape index (κ2) is 5.46. The monoisotopic (exact) mass is 239 g/mol. The van der Waals surface area contributed by atoms with Crippen LogP contribution in [0.2, 0.25) is 0 Å². The molecule has 16 heavy (non-hydrogen) atoms. The Balaban J connectivity index is 2.14. The minimum Gasteiger partial charge on any atom is -0.490 e. The van der Waals surface area contributed by atoms with Crippen LogP contribution in [0, 0.1) is 0 Å². The lowest BCUT2D eigenvalue weighted by atomic mass is 10.3. The van der Waals surface area contributed by atoms with Gasteiger partial charge in [0, 0.05) is 23.1 Å². The van der Waals surface area contributed by atoms with Crippen LogP contribution in [0.1, 0.15) is 13.3 Å². The molecular weight excluding hydrogens is 222 g/mol. The quantitative estimate of drug-likeness (QED) is 0.822. The normalized spacial score (nSPS) is 16.6. The molecule has 2 rings (SSSR count). The molecule has 3 nitrogen and oxygen atoms in total. The smallest absolute Gasteiger partial charge is 0.162 e. The lowest BCUT2D eigenvalue weighted by Crippen LogP contribution is -2.12. The van der Waals surface area contributed by atoms with Crippen molar-refractivity contribution in [2.75, 3.05) is 19.8 Å². The number of hydrogen-bond donors (Lipinski definition) is 1. The molecule has 1 atom stereocenters. The molecule has 2 N–H and O–H groups in total. The first-order valence-electron chi connectivity index (χ1n) is 5.56. The van der Waals surface area contributed by atoms with Crippen LogP contribution >= 0.6 is 11.8 Å². The third-order valence-electron chi connectivity index (χ3n) is 2.39. The fraction of sp³-hybridized carbons (Fsp3) is 0.500. The third-order valence-corrected chi connectivity index (χ3v) is 3.51. The van der Waals surface area contributed by atoms with E-state index in [9.17, 15) is 0 Å². The number of thioether (sulfide) groups is 1. The van der Waals surface area contributed by atoms with Crippen molar-refractivity contribution in [3.8, 4) is 11.5 Å². The standard InChI is InChI=1S/C12H17NO2S/c1-9(8-13)16-10-3-4-11-12(7-10)15-6-2-5-14-11/h3-4,7,9H,2,5-6,8,13H2,1H3. The number of hydrogen-bond acceptors (Lipinski definition) is 4. The van der Waals surface area contributed by atoms with Crippen LogP contribution in [0.3, 0.4) is 0 Å². The van der Waals surface area contributed by atoms with E-state index < -0.39 is 0 Å². The minimum absolute atomic E-state index is 0.421. The molecule has 0 saturated heterocycles. The van der Waals surface area contributed by atoms with Gasteiger partial charge in [-0.15, -0.1) is 11.8 Å². The molecule has 1 heterocycles. The largest absolute Gasteiger partial charge is 0.490 e. The molecule has 0 bridgehead atoms. The molecule has 0 spiro atoms. The van der Waals surface area contributed by atoms with Gasteiger partial charge >= 0.3 is 0 Å². The molecule has 0 saturated carbocycles. The van der Waals surface area contributed by atoms with Crippen LogP contribution in [0.4, 0.5) is 0 Å². The molecule has 0 amide bonds. The first-order valence-corrected chi connectivity index (χ1v) is 6.44. The van der Waals surface area contributed by atoms with Gasteiger partial charge in [-0.25, -0.2) is 0 Å². The second-order valence-corrected chi connectivity index (χ2v) is 5.34. The van der Waals surface area contributed by atoms with Gasteiger partial charge in [-0.2, -0.15) is 0 Å². The summed E-state index contributed by atoms with van der Waals surface area (Å²) < 4.78 is 11.2. The topological polar surface area (TPSA) is 44.5 Å². The summed E-state index contributed by atoms with van der Waals surface area (Å²) in [6, 6.07) is 6.08. The van der Waals surface area contributed by atoms with E-state index in [4.69, 9.17) is 15.2 Å². The van der Waals surface area contributed by atoms with Gasteiger partial charge in [0.15, 0.2) is 11.5 Å². The van der Waals surface area contributed by atoms with Crippen molar-refractivity contribution in [1.29, 1.82) is 0 Å². The molecule has 0 radical (unpaired) electrons. The minimum atomic E-state index is 0.421. The van der Waals surface area contributed by atoms with E-state index in [0.717, 1.165) is 31.1 Å². The first-order chi connectivity index (χ1) is 7.79. The Morgan fingerprint density at radius 3 is 2.81 bits per heavy atom. The Hall–Kier alpha value is -0.870. The molecule has 1 aliphatic rings. The van der Waals surface area contributed by atoms with Gasteiger partial charge in [0.05, 0.1) is 13.2 Å². The first kappa shape index (κ1) is 11.6. The van der Waals surface area contributed by atoms with E-state index in [1.54, 1.807) is 11.8 Å². The highest BCUT2D eigenvalue weighted by molar-refractivity contribution is 8.00. The van der Waals surface area contributed by atoms with Gasteiger partial charge in [0.1, 0.15) is 0 Å². The van der Waals surface area contributed by atoms with Crippen LogP contribution in [0.15, 0.2) is 23.1 Å². The molecule has 1 aromatic rings. The number of fused-ring (bicyclic) bond motifs is 1. The summed E-state index contributed by atoms with van der Waals surface area (Å²) in [6.45, 7) is 4.26. The van der Waals surface area contributed by atoms with E-state index in [1.807, 2.05) is 12.1 Å². The van der Waals surface area contributed by atoms with Gasteiger partial charge in [-0.1, -0.05) is 6.92 Å². The van der Waals surface area contributed by atoms with Crippen molar-refractivity contribution >= 4 is 11.8 Å². The van der Waals surface area contributed by atoms with Crippen LogP contribution < -0.4 is 15.2 Å². The number of ether oxygens (including phenoxy) is 2. The Labute approximate surface area is 100 Å². The average Bonchev–Trinajstić information content (AvgIpc) is 2.53. The molecule has 0 fully saturated rings. The zero-order chi connectivity index (χ0) is 11.4. The summed E-state index contributed by atoms with van der Waals surface area (Å²) in [4.78, 5) is 1.18. The molecule has 1 unspecified atom stereocenters. The predicted octanol–water partition coefficient (Wildman–Crippen LogP) is 2.29. The van der Waals surface area contributed by atoms with Gasteiger partial charge in [0.25, 0.3) is 0 Å². The SMILES string of the molecule is CC(CN)Sc1ccc2c(c1)OCCCO2. The molecule has 88 valence electrons. The summed E-state index contributed by atoms with van der Waals surface area (Å²) in [5.41, 5.74) is 5.61. The maximum atomic E-state index is 5.63. The number of rotatable bonds is 3. The molecule has 0 aliphatic carbocycles. The second-order valence-electron chi connectivity index (χ2n) is 3.82. The summed E-state index contributed by atoms with van der Waals surface area (Å²) in [6.07, 6.45) is 0.941. The maximum absolute atomic E-state index is 5.63. The average molecular weight is 239 g/mol. The highest BCUT2D eigenvalue weighted by Gasteiger charge is 2.11. The zero-order valence-corrected chi connectivity index (χ0v) is 10.3. The molecular formula is C12H17NO2S. The van der Waals surface area contributed by atoms with E-state index >= 15 is 0 Å². The van der Waals surface area contributed by atoms with Gasteiger partial charge < -0.3 is 15.2 Å². The molecule has 1 aliphatic heterocycles. The lowest BCUT2D eigenvalue weighted by molar-refractivity contribution is 0.297. The van der Waals surface area contributed by atoms with Crippen molar-refractivity contribution < 1.29 is 9.47 Å². The predicted molar refractivity (Wildman–Crippen MR) is 66.4 cm³/mol. The summed E-state index contributed by atoms with van der Waals surface area (Å²) in [7, 11) is 0. The van der Waals surface area contributed by atoms with Gasteiger partial charge in [-0.3, -0.25) is 0 Å². The fourth-order valence-corrected chi connectivity index (χ4v) is 2.38. The summed E-state index contributed by atoms with van der Waals surface area (Å²) >= 11 is 1.76. The highest BCUT2D eigenvalue weighted by atomic mass is 32.2. The van der Waals surface area contributed by atoms with Crippen molar-refractivity contribution in [1.82, 2.24) is 0 Å². The van der Waals surface area contributed by atoms with Crippen LogP contribution in [0.5, 0.6) is 11.5 Å². The summed E-state index contributed by atoms with van der Waals surface area (Å²) in [5, 5.41) is 0.421. The zero-order valence-electron chi connectivity index (χ0n) is 9.44. The van der Waals surface area contributed by atoms with Crippen molar-refractivity contribution in [2.45, 2.75) is 23.5 Å². The van der Waals surface area contributed by atoms with E-state index in [2.05, 4.69) is 13.0 Å². The Bertz CT molecular complexity index is 357. The highest BCUT2D eigenvalue weighted by Crippen LogP contribution is 2.34. The van der Waals surface area contributed by atoms with Gasteiger partial charge in [0.2, 0.25) is 0 Å². The molecule has 4 heteroatoms. The number of nitrogens with two attached hydrogens (primary N) is 1. The van der Waals surface area contributed by atoms with Crippen molar-refractivity contribution in [3.05, 3.63) is 18.2 Å².